The van der Waals surface area contributed by atoms with E-state index in [1.165, 1.54) is 38.5 Å². The first kappa shape index (κ1) is 15.3. The summed E-state index contributed by atoms with van der Waals surface area (Å²) in [6.45, 7) is 2.49. The Labute approximate surface area is 132 Å². The van der Waals surface area contributed by atoms with Crippen LogP contribution in [0.4, 0.5) is 13.2 Å². The first-order valence-electron chi connectivity index (χ1n) is 9.45. The highest BCUT2D eigenvalue weighted by Gasteiger charge is 2.55. The maximum absolute atomic E-state index is 13.1. The molecule has 126 valence electrons. The van der Waals surface area contributed by atoms with Gasteiger partial charge in [-0.3, -0.25) is 0 Å². The Morgan fingerprint density at radius 3 is 2.36 bits per heavy atom. The summed E-state index contributed by atoms with van der Waals surface area (Å²) in [4.78, 5) is 0. The van der Waals surface area contributed by atoms with Crippen molar-refractivity contribution in [2.75, 3.05) is 0 Å². The highest BCUT2D eigenvalue weighted by Crippen LogP contribution is 2.63. The second-order valence-electron chi connectivity index (χ2n) is 9.07. The summed E-state index contributed by atoms with van der Waals surface area (Å²) < 4.78 is 39.2. The zero-order valence-corrected chi connectivity index (χ0v) is 13.7. The zero-order chi connectivity index (χ0) is 15.5. The first-order valence-corrected chi connectivity index (χ1v) is 9.45. The number of halogens is 3. The van der Waals surface area contributed by atoms with Gasteiger partial charge in [-0.2, -0.15) is 13.2 Å². The summed E-state index contributed by atoms with van der Waals surface area (Å²) in [7, 11) is 0. The van der Waals surface area contributed by atoms with Crippen LogP contribution in [-0.4, -0.2) is 6.18 Å². The Morgan fingerprint density at radius 2 is 1.59 bits per heavy atom. The largest absolute Gasteiger partial charge is 0.391 e. The number of fused-ring (bicyclic) bond motifs is 5. The maximum atomic E-state index is 13.1. The van der Waals surface area contributed by atoms with Crippen LogP contribution in [0.5, 0.6) is 0 Å². The van der Waals surface area contributed by atoms with Crippen molar-refractivity contribution in [3.63, 3.8) is 0 Å². The summed E-state index contributed by atoms with van der Waals surface area (Å²) in [5, 5.41) is 0. The molecule has 0 heterocycles. The smallest absolute Gasteiger partial charge is 0.171 e. The van der Waals surface area contributed by atoms with Gasteiger partial charge < -0.3 is 0 Å². The highest BCUT2D eigenvalue weighted by atomic mass is 19.4. The highest BCUT2D eigenvalue weighted by molar-refractivity contribution is 5.03. The lowest BCUT2D eigenvalue weighted by Crippen LogP contribution is -2.48. The van der Waals surface area contributed by atoms with Gasteiger partial charge in [0, 0.05) is 0 Å². The van der Waals surface area contributed by atoms with Crippen molar-refractivity contribution in [3.05, 3.63) is 0 Å². The molecule has 0 nitrogen and oxygen atoms in total. The maximum Gasteiger partial charge on any atom is 0.391 e. The van der Waals surface area contributed by atoms with E-state index in [1.54, 1.807) is 0 Å². The Morgan fingerprint density at radius 1 is 0.818 bits per heavy atom. The van der Waals surface area contributed by atoms with Gasteiger partial charge in [0.05, 0.1) is 5.92 Å². The molecule has 7 atom stereocenters. The minimum absolute atomic E-state index is 0.368. The predicted molar refractivity (Wildman–Crippen MR) is 81.3 cm³/mol. The SMILES string of the molecule is C[C@@]12CCCC1[C@@H]1CC[C@@H]3C[C@@H](C(F)(F)F)CC[C@@H]3C1CC2. The van der Waals surface area contributed by atoms with Crippen molar-refractivity contribution in [1.29, 1.82) is 0 Å². The topological polar surface area (TPSA) is 0 Å². The van der Waals surface area contributed by atoms with E-state index in [0.29, 0.717) is 30.1 Å². The Kier molecular flexibility index (Phi) is 3.58. The minimum Gasteiger partial charge on any atom is -0.171 e. The van der Waals surface area contributed by atoms with Crippen LogP contribution in [-0.2, 0) is 0 Å². The van der Waals surface area contributed by atoms with Gasteiger partial charge >= 0.3 is 6.18 Å². The van der Waals surface area contributed by atoms with Crippen LogP contribution in [0.1, 0.15) is 71.1 Å². The molecule has 4 aliphatic rings. The van der Waals surface area contributed by atoms with E-state index in [9.17, 15) is 13.2 Å². The van der Waals surface area contributed by atoms with Gasteiger partial charge in [-0.1, -0.05) is 13.3 Å². The van der Waals surface area contributed by atoms with Crippen molar-refractivity contribution in [2.45, 2.75) is 77.3 Å². The fourth-order valence-electron chi connectivity index (χ4n) is 7.14. The molecule has 0 saturated heterocycles. The van der Waals surface area contributed by atoms with E-state index in [0.717, 1.165) is 30.6 Å². The van der Waals surface area contributed by atoms with Crippen LogP contribution in [0.15, 0.2) is 0 Å². The van der Waals surface area contributed by atoms with Crippen molar-refractivity contribution >= 4 is 0 Å². The van der Waals surface area contributed by atoms with E-state index in [-0.39, 0.29) is 0 Å². The molecule has 0 aliphatic heterocycles. The molecule has 22 heavy (non-hydrogen) atoms. The second-order valence-corrected chi connectivity index (χ2v) is 9.07. The monoisotopic (exact) mass is 314 g/mol. The van der Waals surface area contributed by atoms with E-state index < -0.39 is 12.1 Å². The zero-order valence-electron chi connectivity index (χ0n) is 13.7. The number of hydrogen-bond donors (Lipinski definition) is 0. The number of rotatable bonds is 0. The summed E-state index contributed by atoms with van der Waals surface area (Å²) in [6, 6.07) is 0. The van der Waals surface area contributed by atoms with Crippen LogP contribution in [0.2, 0.25) is 0 Å². The quantitative estimate of drug-likeness (QED) is 0.499. The molecule has 0 spiro atoms. The second kappa shape index (κ2) is 5.14. The predicted octanol–water partition coefficient (Wildman–Crippen LogP) is 6.21. The molecule has 4 rings (SSSR count). The summed E-state index contributed by atoms with van der Waals surface area (Å²) in [6.07, 6.45) is 6.81. The van der Waals surface area contributed by atoms with Gasteiger partial charge in [-0.25, -0.2) is 0 Å². The molecular formula is C19H29F3. The lowest BCUT2D eigenvalue weighted by atomic mass is 9.50. The molecule has 3 heteroatoms. The van der Waals surface area contributed by atoms with E-state index in [1.807, 2.05) is 0 Å². The molecule has 0 N–H and O–H groups in total. The lowest BCUT2D eigenvalue weighted by molar-refractivity contribution is -0.195. The van der Waals surface area contributed by atoms with Crippen molar-refractivity contribution in [2.24, 2.45) is 40.9 Å². The van der Waals surface area contributed by atoms with Crippen LogP contribution < -0.4 is 0 Å². The van der Waals surface area contributed by atoms with Crippen molar-refractivity contribution < 1.29 is 13.2 Å². The molecule has 0 radical (unpaired) electrons. The average molecular weight is 314 g/mol. The molecule has 0 aromatic rings. The number of alkyl halides is 3. The summed E-state index contributed by atoms with van der Waals surface area (Å²) in [5.74, 6) is 2.45. The summed E-state index contributed by atoms with van der Waals surface area (Å²) >= 11 is 0. The van der Waals surface area contributed by atoms with Crippen LogP contribution in [0.3, 0.4) is 0 Å². The third-order valence-electron chi connectivity index (χ3n) is 8.20. The van der Waals surface area contributed by atoms with Gasteiger partial charge in [0.25, 0.3) is 0 Å². The molecule has 2 unspecified atom stereocenters. The van der Waals surface area contributed by atoms with E-state index >= 15 is 0 Å². The number of hydrogen-bond acceptors (Lipinski definition) is 0. The molecule has 4 aliphatic carbocycles. The third-order valence-corrected chi connectivity index (χ3v) is 8.20. The van der Waals surface area contributed by atoms with Crippen LogP contribution in [0, 0.1) is 40.9 Å². The fourth-order valence-corrected chi connectivity index (χ4v) is 7.14. The Hall–Kier alpha value is -0.210. The van der Waals surface area contributed by atoms with Gasteiger partial charge in [0.15, 0.2) is 0 Å². The normalized spacial score (nSPS) is 51.8. The van der Waals surface area contributed by atoms with Gasteiger partial charge in [-0.15, -0.1) is 0 Å². The standard InChI is InChI=1S/C19H29F3/c1-18-9-2-3-17(18)16-6-4-12-11-13(19(20,21)22)5-7-14(12)15(16)8-10-18/h12-17H,2-11H2,1H3/t12-,13+,14+,15?,16-,17?,18+/m1/s1. The van der Waals surface area contributed by atoms with Crippen LogP contribution in [0.25, 0.3) is 0 Å². The molecule has 4 saturated carbocycles. The first-order chi connectivity index (χ1) is 10.4. The Bertz CT molecular complexity index is 429. The molecule has 0 bridgehead atoms. The average Bonchev–Trinajstić information content (AvgIpc) is 2.87. The van der Waals surface area contributed by atoms with Crippen LogP contribution >= 0.6 is 0 Å². The van der Waals surface area contributed by atoms with Crippen molar-refractivity contribution in [1.82, 2.24) is 0 Å². The fraction of sp³-hybridized carbons (Fsp3) is 1.00. The van der Waals surface area contributed by atoms with Crippen molar-refractivity contribution in [3.8, 4) is 0 Å². The molecular weight excluding hydrogens is 285 g/mol. The van der Waals surface area contributed by atoms with Gasteiger partial charge in [-0.05, 0) is 92.8 Å². The minimum atomic E-state index is -3.96. The third kappa shape index (κ3) is 2.33. The summed E-state index contributed by atoms with van der Waals surface area (Å²) in [5.41, 5.74) is 0.567. The molecule has 0 amide bonds. The Balaban J connectivity index is 1.50. The molecule has 0 aromatic heterocycles. The van der Waals surface area contributed by atoms with E-state index in [2.05, 4.69) is 6.92 Å². The van der Waals surface area contributed by atoms with Gasteiger partial charge in [0.1, 0.15) is 0 Å². The molecule has 0 aromatic carbocycles. The van der Waals surface area contributed by atoms with Gasteiger partial charge in [0.2, 0.25) is 0 Å². The molecule has 4 fully saturated rings. The lowest BCUT2D eigenvalue weighted by Gasteiger charge is -2.55. The van der Waals surface area contributed by atoms with E-state index in [4.69, 9.17) is 0 Å².